The van der Waals surface area contributed by atoms with Crippen LogP contribution >= 0.6 is 0 Å². The highest BCUT2D eigenvalue weighted by atomic mass is 16.1. The van der Waals surface area contributed by atoms with Gasteiger partial charge in [0.1, 0.15) is 11.5 Å². The van der Waals surface area contributed by atoms with Gasteiger partial charge >= 0.3 is 5.56 Å². The first-order valence-corrected chi connectivity index (χ1v) is 9.61. The summed E-state index contributed by atoms with van der Waals surface area (Å²) in [6.45, 7) is 5.06. The zero-order chi connectivity index (χ0) is 17.4. The predicted octanol–water partition coefficient (Wildman–Crippen LogP) is 3.18. The fourth-order valence-electron chi connectivity index (χ4n) is 3.85. The van der Waals surface area contributed by atoms with Crippen LogP contribution < -0.4 is 5.56 Å². The van der Waals surface area contributed by atoms with Gasteiger partial charge in [-0.3, -0.25) is 9.36 Å². The van der Waals surface area contributed by atoms with Crippen LogP contribution in [0.15, 0.2) is 4.79 Å². The van der Waals surface area contributed by atoms with Crippen molar-refractivity contribution in [2.24, 2.45) is 0 Å². The SMILES string of the molecule is CCCCc1nc2n(CCC)c3[nH]c(C4CCCC4)nc3c(=O)n2n1. The summed E-state index contributed by atoms with van der Waals surface area (Å²) >= 11 is 0. The highest BCUT2D eigenvalue weighted by Crippen LogP contribution is 2.33. The lowest BCUT2D eigenvalue weighted by Gasteiger charge is -2.07. The van der Waals surface area contributed by atoms with Crippen molar-refractivity contribution in [3.8, 4) is 0 Å². The van der Waals surface area contributed by atoms with Gasteiger partial charge in [-0.2, -0.15) is 9.50 Å². The Morgan fingerprint density at radius 1 is 1.16 bits per heavy atom. The fourth-order valence-corrected chi connectivity index (χ4v) is 3.85. The first-order chi connectivity index (χ1) is 12.2. The number of rotatable bonds is 6. The smallest absolute Gasteiger partial charge is 0.303 e. The molecule has 3 aromatic rings. The van der Waals surface area contributed by atoms with Crippen molar-refractivity contribution in [2.45, 2.75) is 77.7 Å². The van der Waals surface area contributed by atoms with Crippen LogP contribution in [0.5, 0.6) is 0 Å². The number of hydrogen-bond acceptors (Lipinski definition) is 4. The summed E-state index contributed by atoms with van der Waals surface area (Å²) < 4.78 is 3.52. The molecule has 0 amide bonds. The molecule has 0 saturated heterocycles. The van der Waals surface area contributed by atoms with Crippen molar-refractivity contribution in [3.05, 3.63) is 22.0 Å². The van der Waals surface area contributed by atoms with Crippen LogP contribution in [0.3, 0.4) is 0 Å². The van der Waals surface area contributed by atoms with Gasteiger partial charge < -0.3 is 4.98 Å². The molecule has 0 aromatic carbocycles. The van der Waals surface area contributed by atoms with E-state index < -0.39 is 0 Å². The summed E-state index contributed by atoms with van der Waals surface area (Å²) in [4.78, 5) is 25.7. The van der Waals surface area contributed by atoms with E-state index in [1.807, 2.05) is 0 Å². The van der Waals surface area contributed by atoms with Crippen LogP contribution in [-0.2, 0) is 13.0 Å². The van der Waals surface area contributed by atoms with Gasteiger partial charge in [0.25, 0.3) is 0 Å². The second kappa shape index (κ2) is 6.61. The van der Waals surface area contributed by atoms with Crippen LogP contribution in [-0.4, -0.2) is 29.1 Å². The zero-order valence-electron chi connectivity index (χ0n) is 15.1. The third-order valence-electron chi connectivity index (χ3n) is 5.19. The van der Waals surface area contributed by atoms with Gasteiger partial charge in [-0.05, 0) is 25.7 Å². The molecule has 0 atom stereocenters. The van der Waals surface area contributed by atoms with Crippen LogP contribution in [0, 0.1) is 0 Å². The van der Waals surface area contributed by atoms with Crippen LogP contribution in [0.4, 0.5) is 0 Å². The normalized spacial score (nSPS) is 15.8. The van der Waals surface area contributed by atoms with Gasteiger partial charge in [0.15, 0.2) is 11.3 Å². The third-order valence-corrected chi connectivity index (χ3v) is 5.19. The monoisotopic (exact) mass is 342 g/mol. The maximum Gasteiger partial charge on any atom is 0.303 e. The Kier molecular flexibility index (Phi) is 4.31. The molecule has 1 N–H and O–H groups in total. The minimum Gasteiger partial charge on any atom is -0.328 e. The van der Waals surface area contributed by atoms with Crippen LogP contribution in [0.25, 0.3) is 16.9 Å². The highest BCUT2D eigenvalue weighted by molar-refractivity contribution is 5.72. The van der Waals surface area contributed by atoms with E-state index in [1.165, 1.54) is 17.4 Å². The largest absolute Gasteiger partial charge is 0.328 e. The van der Waals surface area contributed by atoms with E-state index in [1.54, 1.807) is 0 Å². The Morgan fingerprint density at radius 3 is 2.68 bits per heavy atom. The number of hydrogen-bond donors (Lipinski definition) is 1. The van der Waals surface area contributed by atoms with Crippen molar-refractivity contribution in [1.82, 2.24) is 29.1 Å². The molecular formula is C18H26N6O. The van der Waals surface area contributed by atoms with Crippen molar-refractivity contribution in [2.75, 3.05) is 0 Å². The fraction of sp³-hybridized carbons (Fsp3) is 0.667. The molecule has 3 aromatic heterocycles. The first-order valence-electron chi connectivity index (χ1n) is 9.61. The van der Waals surface area contributed by atoms with E-state index in [-0.39, 0.29) is 5.56 Å². The summed E-state index contributed by atoms with van der Waals surface area (Å²) in [5.74, 6) is 2.77. The molecule has 1 aliphatic rings. The minimum absolute atomic E-state index is 0.159. The molecule has 134 valence electrons. The Labute approximate surface area is 146 Å². The lowest BCUT2D eigenvalue weighted by atomic mass is 10.1. The summed E-state index contributed by atoms with van der Waals surface area (Å²) in [6.07, 6.45) is 8.67. The number of fused-ring (bicyclic) bond motifs is 2. The maximum absolute atomic E-state index is 12.9. The van der Waals surface area contributed by atoms with Gasteiger partial charge in [0.2, 0.25) is 5.78 Å². The number of aromatic amines is 1. The molecule has 7 nitrogen and oxygen atoms in total. The maximum atomic E-state index is 12.9. The Hall–Kier alpha value is -2.18. The Bertz CT molecular complexity index is 944. The van der Waals surface area contributed by atoms with Gasteiger partial charge in [0.05, 0.1) is 0 Å². The zero-order valence-corrected chi connectivity index (χ0v) is 15.1. The topological polar surface area (TPSA) is 80.9 Å². The molecule has 1 saturated carbocycles. The summed E-state index contributed by atoms with van der Waals surface area (Å²) in [7, 11) is 0. The van der Waals surface area contributed by atoms with Crippen molar-refractivity contribution < 1.29 is 0 Å². The number of nitrogens with one attached hydrogen (secondary N) is 1. The van der Waals surface area contributed by atoms with E-state index in [0.717, 1.165) is 62.4 Å². The first kappa shape index (κ1) is 16.3. The molecule has 0 unspecified atom stereocenters. The number of nitrogens with zero attached hydrogens (tertiary/aromatic N) is 5. The number of unbranched alkanes of at least 4 members (excludes halogenated alkanes) is 1. The molecule has 0 spiro atoms. The summed E-state index contributed by atoms with van der Waals surface area (Å²) in [5, 5.41) is 4.47. The molecule has 4 rings (SSSR count). The molecule has 0 aliphatic heterocycles. The number of aryl methyl sites for hydroxylation is 2. The molecular weight excluding hydrogens is 316 g/mol. The quantitative estimate of drug-likeness (QED) is 0.746. The highest BCUT2D eigenvalue weighted by Gasteiger charge is 2.24. The van der Waals surface area contributed by atoms with E-state index in [4.69, 9.17) is 0 Å². The van der Waals surface area contributed by atoms with E-state index in [9.17, 15) is 4.79 Å². The van der Waals surface area contributed by atoms with Crippen molar-refractivity contribution in [3.63, 3.8) is 0 Å². The second-order valence-corrected chi connectivity index (χ2v) is 7.10. The second-order valence-electron chi connectivity index (χ2n) is 7.10. The lowest BCUT2D eigenvalue weighted by molar-refractivity contribution is 0.670. The molecule has 1 fully saturated rings. The van der Waals surface area contributed by atoms with Gasteiger partial charge in [-0.25, -0.2) is 4.98 Å². The standard InChI is InChI=1S/C18H26N6O/c1-3-5-10-13-19-18-23(11-4-2)16-14(17(25)24(18)22-13)20-15(21-16)12-8-6-7-9-12/h12H,3-11H2,1-2H3,(H,20,21). The number of aromatic nitrogens is 6. The summed E-state index contributed by atoms with van der Waals surface area (Å²) in [6, 6.07) is 0. The third kappa shape index (κ3) is 2.75. The van der Waals surface area contributed by atoms with E-state index >= 15 is 0 Å². The van der Waals surface area contributed by atoms with E-state index in [2.05, 4.69) is 38.5 Å². The molecule has 0 bridgehead atoms. The van der Waals surface area contributed by atoms with Crippen molar-refractivity contribution in [1.29, 1.82) is 0 Å². The van der Waals surface area contributed by atoms with Crippen LogP contribution in [0.2, 0.25) is 0 Å². The van der Waals surface area contributed by atoms with Gasteiger partial charge in [-0.1, -0.05) is 33.1 Å². The lowest BCUT2D eigenvalue weighted by Crippen LogP contribution is -2.20. The molecule has 0 radical (unpaired) electrons. The average Bonchev–Trinajstić information content (AvgIpc) is 3.35. The molecule has 7 heteroatoms. The molecule has 1 aliphatic carbocycles. The minimum atomic E-state index is -0.159. The van der Waals surface area contributed by atoms with Gasteiger partial charge in [0, 0.05) is 18.9 Å². The Morgan fingerprint density at radius 2 is 1.96 bits per heavy atom. The van der Waals surface area contributed by atoms with Crippen molar-refractivity contribution >= 4 is 16.9 Å². The number of imidazole rings is 1. The van der Waals surface area contributed by atoms with E-state index in [0.29, 0.717) is 17.2 Å². The Balaban J connectivity index is 1.90. The summed E-state index contributed by atoms with van der Waals surface area (Å²) in [5.41, 5.74) is 1.14. The number of H-pyrrole nitrogens is 1. The molecule has 3 heterocycles. The van der Waals surface area contributed by atoms with Crippen LogP contribution in [0.1, 0.15) is 76.4 Å². The predicted molar refractivity (Wildman–Crippen MR) is 97.0 cm³/mol. The average molecular weight is 342 g/mol. The molecule has 25 heavy (non-hydrogen) atoms. The van der Waals surface area contributed by atoms with Gasteiger partial charge in [-0.15, -0.1) is 5.10 Å².